The fourth-order valence-corrected chi connectivity index (χ4v) is 11.3. The SMILES string of the molecule is CC1(C)c2ccccc2-c2cc(-c3ccc(-c4ccc5oc6cccc(-c7nc(-c8ccc(-c9ccccc9)cc8)nc(-c8cccc9c8sc8ccccc89)n7)c6c5c4)cc3)ccc21. The highest BCUT2D eigenvalue weighted by Gasteiger charge is 2.35. The first-order valence-corrected chi connectivity index (χ1v) is 22.9. The number of benzene rings is 9. The van der Waals surface area contributed by atoms with Gasteiger partial charge in [0.1, 0.15) is 11.2 Å². The van der Waals surface area contributed by atoms with Crippen LogP contribution in [0.1, 0.15) is 25.0 Å². The van der Waals surface area contributed by atoms with Crippen molar-refractivity contribution in [3.8, 4) is 78.7 Å². The number of aromatic nitrogens is 3. The van der Waals surface area contributed by atoms with Gasteiger partial charge in [-0.3, -0.25) is 0 Å². The lowest BCUT2D eigenvalue weighted by Gasteiger charge is -2.21. The van der Waals surface area contributed by atoms with Gasteiger partial charge in [-0.15, -0.1) is 11.3 Å². The number of nitrogens with zero attached hydrogens (tertiary/aromatic N) is 3. The number of rotatable bonds is 6. The molecule has 3 aromatic heterocycles. The van der Waals surface area contributed by atoms with Crippen molar-refractivity contribution in [3.05, 3.63) is 211 Å². The highest BCUT2D eigenvalue weighted by atomic mass is 32.1. The van der Waals surface area contributed by atoms with E-state index in [4.69, 9.17) is 19.4 Å². The van der Waals surface area contributed by atoms with Gasteiger partial charge in [0.25, 0.3) is 0 Å². The van der Waals surface area contributed by atoms with E-state index in [0.717, 1.165) is 65.6 Å². The second-order valence-corrected chi connectivity index (χ2v) is 18.6. The van der Waals surface area contributed by atoms with Crippen LogP contribution in [0.3, 0.4) is 0 Å². The normalized spacial score (nSPS) is 12.9. The average molecular weight is 850 g/mol. The molecule has 0 fully saturated rings. The van der Waals surface area contributed by atoms with E-state index in [0.29, 0.717) is 17.5 Å². The molecule has 0 amide bonds. The van der Waals surface area contributed by atoms with Gasteiger partial charge in [-0.2, -0.15) is 0 Å². The molecule has 0 radical (unpaired) electrons. The van der Waals surface area contributed by atoms with Crippen molar-refractivity contribution in [1.82, 2.24) is 15.0 Å². The Hall–Kier alpha value is -7.99. The zero-order chi connectivity index (χ0) is 43.2. The second kappa shape index (κ2) is 14.5. The first-order valence-electron chi connectivity index (χ1n) is 22.1. The lowest BCUT2D eigenvalue weighted by molar-refractivity contribution is 0.660. The standard InChI is InChI=1S/C60H39N3OS/c1-60(2)50-19-8-6-14-43(50)48-34-41(30-32-51(48)60)38-22-24-39(25-23-38)42-31-33-52-49(35-42)55-46(17-11-20-53(55)64-52)58-61-57(40-28-26-37(27-29-40)36-12-4-3-5-13-36)62-59(63-58)47-18-10-16-45-44-15-7-9-21-54(44)65-56(45)47/h3-35H,1-2H3. The molecule has 1 aliphatic carbocycles. The smallest absolute Gasteiger partial charge is 0.165 e. The molecule has 5 heteroatoms. The number of furan rings is 1. The Balaban J connectivity index is 0.926. The van der Waals surface area contributed by atoms with Crippen LogP contribution in [0.2, 0.25) is 0 Å². The monoisotopic (exact) mass is 849 g/mol. The van der Waals surface area contributed by atoms with Crippen molar-refractivity contribution in [2.24, 2.45) is 0 Å². The Labute approximate surface area is 380 Å². The van der Waals surface area contributed by atoms with Crippen LogP contribution in [-0.4, -0.2) is 15.0 Å². The number of hydrogen-bond acceptors (Lipinski definition) is 5. The lowest BCUT2D eigenvalue weighted by atomic mass is 9.82. The Morgan fingerprint density at radius 3 is 1.74 bits per heavy atom. The third-order valence-electron chi connectivity index (χ3n) is 13.4. The highest BCUT2D eigenvalue weighted by Crippen LogP contribution is 2.50. The first kappa shape index (κ1) is 37.6. The molecule has 65 heavy (non-hydrogen) atoms. The Morgan fingerprint density at radius 1 is 0.369 bits per heavy atom. The van der Waals surface area contributed by atoms with E-state index in [-0.39, 0.29) is 5.41 Å². The summed E-state index contributed by atoms with van der Waals surface area (Å²) >= 11 is 1.78. The molecule has 0 saturated heterocycles. The van der Waals surface area contributed by atoms with Crippen LogP contribution in [0, 0.1) is 0 Å². The maximum atomic E-state index is 6.57. The molecule has 0 aliphatic heterocycles. The van der Waals surface area contributed by atoms with Crippen molar-refractivity contribution >= 4 is 53.4 Å². The Morgan fingerprint density at radius 2 is 0.923 bits per heavy atom. The summed E-state index contributed by atoms with van der Waals surface area (Å²) < 4.78 is 8.96. The topological polar surface area (TPSA) is 51.8 Å². The molecule has 0 unspecified atom stereocenters. The summed E-state index contributed by atoms with van der Waals surface area (Å²) in [7, 11) is 0. The highest BCUT2D eigenvalue weighted by molar-refractivity contribution is 7.26. The Bertz CT molecular complexity index is 3840. The maximum absolute atomic E-state index is 6.57. The zero-order valence-electron chi connectivity index (χ0n) is 35.7. The Kier molecular flexibility index (Phi) is 8.39. The molecule has 9 aromatic carbocycles. The van der Waals surface area contributed by atoms with Crippen LogP contribution >= 0.6 is 11.3 Å². The van der Waals surface area contributed by atoms with Gasteiger partial charge in [0.2, 0.25) is 0 Å². The van der Waals surface area contributed by atoms with Crippen molar-refractivity contribution in [2.75, 3.05) is 0 Å². The fourth-order valence-electron chi connectivity index (χ4n) is 10.1. The quantitative estimate of drug-likeness (QED) is 0.167. The summed E-state index contributed by atoms with van der Waals surface area (Å²) in [5, 5.41) is 4.42. The minimum Gasteiger partial charge on any atom is -0.456 e. The van der Waals surface area contributed by atoms with Gasteiger partial charge >= 0.3 is 0 Å². The van der Waals surface area contributed by atoms with Crippen LogP contribution in [0.15, 0.2) is 205 Å². The van der Waals surface area contributed by atoms with Gasteiger partial charge in [-0.1, -0.05) is 178 Å². The van der Waals surface area contributed by atoms with E-state index in [1.807, 2.05) is 18.2 Å². The number of thiophene rings is 1. The molecule has 13 rings (SSSR count). The molecule has 0 spiro atoms. The van der Waals surface area contributed by atoms with Gasteiger partial charge in [0.05, 0.1) is 0 Å². The molecule has 3 heterocycles. The molecular weight excluding hydrogens is 811 g/mol. The molecule has 306 valence electrons. The van der Waals surface area contributed by atoms with Crippen LogP contribution in [0.25, 0.3) is 121 Å². The first-order chi connectivity index (χ1) is 31.9. The summed E-state index contributed by atoms with van der Waals surface area (Å²) in [5.74, 6) is 1.85. The average Bonchev–Trinajstić information content (AvgIpc) is 4.01. The third-order valence-corrected chi connectivity index (χ3v) is 14.6. The molecule has 4 nitrogen and oxygen atoms in total. The van der Waals surface area contributed by atoms with Crippen LogP contribution in [0.5, 0.6) is 0 Å². The molecule has 0 atom stereocenters. The lowest BCUT2D eigenvalue weighted by Crippen LogP contribution is -2.14. The third kappa shape index (κ3) is 6.07. The second-order valence-electron chi connectivity index (χ2n) is 17.5. The largest absolute Gasteiger partial charge is 0.456 e. The minimum absolute atomic E-state index is 0.0123. The minimum atomic E-state index is -0.0123. The molecule has 0 N–H and O–H groups in total. The van der Waals surface area contributed by atoms with Gasteiger partial charge < -0.3 is 4.42 Å². The molecule has 1 aliphatic rings. The van der Waals surface area contributed by atoms with E-state index in [1.165, 1.54) is 48.9 Å². The number of fused-ring (bicyclic) bond motifs is 9. The summed E-state index contributed by atoms with van der Waals surface area (Å²) in [4.78, 5) is 15.8. The van der Waals surface area contributed by atoms with Gasteiger partial charge in [-0.05, 0) is 92.0 Å². The van der Waals surface area contributed by atoms with Crippen LogP contribution in [0.4, 0.5) is 0 Å². The predicted molar refractivity (Wildman–Crippen MR) is 270 cm³/mol. The van der Waals surface area contributed by atoms with Crippen LogP contribution < -0.4 is 0 Å². The zero-order valence-corrected chi connectivity index (χ0v) is 36.5. The van der Waals surface area contributed by atoms with E-state index in [1.54, 1.807) is 11.3 Å². The molecule has 0 saturated carbocycles. The summed E-state index contributed by atoms with van der Waals surface area (Å²) in [5.41, 5.74) is 16.8. The van der Waals surface area contributed by atoms with E-state index < -0.39 is 0 Å². The van der Waals surface area contributed by atoms with Crippen molar-refractivity contribution < 1.29 is 4.42 Å². The summed E-state index contributed by atoms with van der Waals surface area (Å²) in [6.45, 7) is 4.65. The van der Waals surface area contributed by atoms with Crippen molar-refractivity contribution in [3.63, 3.8) is 0 Å². The fraction of sp³-hybridized carbons (Fsp3) is 0.0500. The van der Waals surface area contributed by atoms with Gasteiger partial charge in [0, 0.05) is 53.1 Å². The molecular formula is C60H39N3OS. The number of hydrogen-bond donors (Lipinski definition) is 0. The van der Waals surface area contributed by atoms with E-state index >= 15 is 0 Å². The maximum Gasteiger partial charge on any atom is 0.165 e. The van der Waals surface area contributed by atoms with E-state index in [9.17, 15) is 0 Å². The van der Waals surface area contributed by atoms with E-state index in [2.05, 4.69) is 196 Å². The summed E-state index contributed by atoms with van der Waals surface area (Å²) in [6, 6.07) is 71.3. The van der Waals surface area contributed by atoms with Crippen LogP contribution in [-0.2, 0) is 5.41 Å². The van der Waals surface area contributed by atoms with Crippen molar-refractivity contribution in [2.45, 2.75) is 19.3 Å². The predicted octanol–water partition coefficient (Wildman–Crippen LogP) is 16.4. The van der Waals surface area contributed by atoms with Gasteiger partial charge in [-0.25, -0.2) is 15.0 Å². The van der Waals surface area contributed by atoms with Gasteiger partial charge in [0.15, 0.2) is 17.5 Å². The summed E-state index contributed by atoms with van der Waals surface area (Å²) in [6.07, 6.45) is 0. The molecule has 0 bridgehead atoms. The molecule has 12 aromatic rings. The van der Waals surface area contributed by atoms with Crippen molar-refractivity contribution in [1.29, 1.82) is 0 Å².